The van der Waals surface area contributed by atoms with Crippen molar-refractivity contribution in [2.24, 2.45) is 17.8 Å². The molecule has 288 valence electrons. The van der Waals surface area contributed by atoms with Crippen LogP contribution in [0.1, 0.15) is 120 Å². The van der Waals surface area contributed by atoms with Crippen molar-refractivity contribution in [3.8, 4) is 0 Å². The number of aliphatic hydroxyl groups excluding tert-OH is 4. The third kappa shape index (κ3) is 20.6. The molecular weight excluding hydrogens is 644 g/mol. The first-order valence-electron chi connectivity index (χ1n) is 18.9. The van der Waals surface area contributed by atoms with Gasteiger partial charge in [-0.05, 0) is 85.0 Å². The van der Waals surface area contributed by atoms with E-state index in [0.29, 0.717) is 32.1 Å². The molecule has 0 saturated carbocycles. The summed E-state index contributed by atoms with van der Waals surface area (Å²) in [5.74, 6) is -0.602. The summed E-state index contributed by atoms with van der Waals surface area (Å²) in [5.41, 5.74) is 3.83. The molecule has 1 aliphatic rings. The Labute approximate surface area is 308 Å². The molecule has 0 spiro atoms. The molecule has 0 bridgehead atoms. The van der Waals surface area contributed by atoms with Crippen LogP contribution < -0.4 is 0 Å². The van der Waals surface area contributed by atoms with Crippen molar-refractivity contribution < 1.29 is 39.5 Å². The van der Waals surface area contributed by atoms with Crippen LogP contribution in [0.5, 0.6) is 0 Å². The number of esters is 2. The van der Waals surface area contributed by atoms with Crippen molar-refractivity contribution in [2.45, 2.75) is 157 Å². The maximum absolute atomic E-state index is 12.9. The lowest BCUT2D eigenvalue weighted by molar-refractivity contribution is -0.151. The molecule has 9 atom stereocenters. The summed E-state index contributed by atoms with van der Waals surface area (Å²) in [5, 5.41) is 39.9. The average Bonchev–Trinajstić information content (AvgIpc) is 3.03. The fraction of sp³-hybridized carbons (Fsp3) is 0.628. The summed E-state index contributed by atoms with van der Waals surface area (Å²) in [4.78, 5) is 25.7. The van der Waals surface area contributed by atoms with Gasteiger partial charge < -0.3 is 29.9 Å². The molecule has 1 heterocycles. The highest BCUT2D eigenvalue weighted by Crippen LogP contribution is 2.26. The van der Waals surface area contributed by atoms with Gasteiger partial charge in [0.25, 0.3) is 0 Å². The molecule has 51 heavy (non-hydrogen) atoms. The zero-order valence-corrected chi connectivity index (χ0v) is 32.8. The Balaban J connectivity index is 2.79. The third-order valence-electron chi connectivity index (χ3n) is 9.18. The van der Waals surface area contributed by atoms with Crippen molar-refractivity contribution in [2.75, 3.05) is 0 Å². The Bertz CT molecular complexity index is 1270. The van der Waals surface area contributed by atoms with E-state index in [1.54, 1.807) is 19.1 Å². The van der Waals surface area contributed by atoms with Gasteiger partial charge in [-0.2, -0.15) is 0 Å². The smallest absolute Gasteiger partial charge is 0.331 e. The maximum Gasteiger partial charge on any atom is 0.331 e. The molecule has 0 aromatic heterocycles. The Hall–Kier alpha value is -3.04. The second kappa shape index (κ2) is 25.0. The van der Waals surface area contributed by atoms with Crippen LogP contribution in [0.4, 0.5) is 0 Å². The first-order valence-corrected chi connectivity index (χ1v) is 18.9. The highest BCUT2D eigenvalue weighted by Gasteiger charge is 2.25. The summed E-state index contributed by atoms with van der Waals surface area (Å²) in [6.45, 7) is 17.5. The minimum absolute atomic E-state index is 0.0757. The Morgan fingerprint density at radius 3 is 2.29 bits per heavy atom. The van der Waals surface area contributed by atoms with Gasteiger partial charge in [0.2, 0.25) is 0 Å². The van der Waals surface area contributed by atoms with Crippen LogP contribution in [-0.2, 0) is 19.1 Å². The second-order valence-electron chi connectivity index (χ2n) is 14.8. The van der Waals surface area contributed by atoms with Crippen molar-refractivity contribution >= 4 is 11.9 Å². The first-order chi connectivity index (χ1) is 24.0. The van der Waals surface area contributed by atoms with E-state index >= 15 is 0 Å². The fourth-order valence-electron chi connectivity index (χ4n) is 6.15. The van der Waals surface area contributed by atoms with Crippen molar-refractivity contribution in [3.05, 3.63) is 83.1 Å². The molecule has 0 aromatic carbocycles. The molecule has 8 heteroatoms. The minimum atomic E-state index is -0.890. The molecule has 0 aliphatic carbocycles. The zero-order valence-electron chi connectivity index (χ0n) is 32.8. The molecule has 1 rings (SSSR count). The number of allylic oxidation sites excluding steroid dienone is 10. The molecule has 0 amide bonds. The van der Waals surface area contributed by atoms with Crippen LogP contribution in [0.25, 0.3) is 0 Å². The van der Waals surface area contributed by atoms with Gasteiger partial charge >= 0.3 is 11.9 Å². The molecule has 0 fully saturated rings. The number of cyclic esters (lactones) is 1. The van der Waals surface area contributed by atoms with Crippen LogP contribution in [-0.4, -0.2) is 69.0 Å². The molecule has 0 radical (unpaired) electrons. The average molecular weight is 713 g/mol. The summed E-state index contributed by atoms with van der Waals surface area (Å²) < 4.78 is 11.8. The topological polar surface area (TPSA) is 134 Å². The van der Waals surface area contributed by atoms with E-state index in [1.807, 2.05) is 71.9 Å². The van der Waals surface area contributed by atoms with Crippen molar-refractivity contribution in [3.63, 3.8) is 0 Å². The monoisotopic (exact) mass is 712 g/mol. The Morgan fingerprint density at radius 2 is 1.63 bits per heavy atom. The van der Waals surface area contributed by atoms with Crippen molar-refractivity contribution in [1.29, 1.82) is 0 Å². The van der Waals surface area contributed by atoms with Crippen molar-refractivity contribution in [1.82, 2.24) is 0 Å². The third-order valence-corrected chi connectivity index (χ3v) is 9.18. The van der Waals surface area contributed by atoms with E-state index in [1.165, 1.54) is 6.08 Å². The summed E-state index contributed by atoms with van der Waals surface area (Å²) >= 11 is 0. The van der Waals surface area contributed by atoms with Crippen LogP contribution in [0, 0.1) is 17.8 Å². The van der Waals surface area contributed by atoms with E-state index in [0.717, 1.165) is 41.6 Å². The Morgan fingerprint density at radius 1 is 0.941 bits per heavy atom. The lowest BCUT2D eigenvalue weighted by Crippen LogP contribution is -2.27. The number of rotatable bonds is 17. The largest absolute Gasteiger partial charge is 0.462 e. The molecular formula is C43H68O8. The van der Waals surface area contributed by atoms with Crippen LogP contribution in [0.3, 0.4) is 0 Å². The first kappa shape index (κ1) is 46.0. The summed E-state index contributed by atoms with van der Waals surface area (Å²) in [6.07, 6.45) is 20.3. The quantitative estimate of drug-likeness (QED) is 0.0514. The van der Waals surface area contributed by atoms with E-state index in [9.17, 15) is 30.0 Å². The molecule has 8 nitrogen and oxygen atoms in total. The highest BCUT2D eigenvalue weighted by atomic mass is 16.5. The summed E-state index contributed by atoms with van der Waals surface area (Å²) in [6, 6.07) is 0. The summed E-state index contributed by atoms with van der Waals surface area (Å²) in [7, 11) is 0. The minimum Gasteiger partial charge on any atom is -0.462 e. The Kier molecular flexibility index (Phi) is 22.6. The van der Waals surface area contributed by atoms with Gasteiger partial charge in [-0.15, -0.1) is 0 Å². The van der Waals surface area contributed by atoms with Gasteiger partial charge in [0.15, 0.2) is 0 Å². The fourth-order valence-corrected chi connectivity index (χ4v) is 6.15. The van der Waals surface area contributed by atoms with Crippen LogP contribution >= 0.6 is 0 Å². The van der Waals surface area contributed by atoms with E-state index in [2.05, 4.69) is 26.0 Å². The molecule has 1 aliphatic heterocycles. The standard InChI is InChI=1S/C43H68O8/c1-10-15-37(45)39(47)27-30(3)17-13-16-29(2)24-31(4)22-23-43(49)50-40-20-14-21-42(48)51-41(19-12-11-18-33(40)6)35(8)26-32(5)25-34(7)38(46)28-36(9)44/h11-13,16-17,22-25,27,33-41,44-47H,10,14-15,18-21,26,28H2,1-9H3. The van der Waals surface area contributed by atoms with Crippen LogP contribution in [0.15, 0.2) is 83.1 Å². The van der Waals surface area contributed by atoms with E-state index < -0.39 is 30.4 Å². The predicted octanol–water partition coefficient (Wildman–Crippen LogP) is 8.18. The number of carbonyl (C=O) groups excluding carboxylic acids is 2. The SMILES string of the molecule is CCCC(O)C(O)C=C(C)C=CC=C(C)C=C(C)C=CC(=O)OC1CCCC(=O)OC(C(C)CC(C)=CC(C)C(O)CC(C)O)CC=CCC1C. The van der Waals surface area contributed by atoms with Gasteiger partial charge in [0.1, 0.15) is 12.2 Å². The maximum atomic E-state index is 12.9. The predicted molar refractivity (Wildman–Crippen MR) is 207 cm³/mol. The molecule has 0 aromatic rings. The van der Waals surface area contributed by atoms with E-state index in [-0.39, 0.29) is 42.4 Å². The second-order valence-corrected chi connectivity index (χ2v) is 14.8. The van der Waals surface area contributed by atoms with Gasteiger partial charge in [-0.1, -0.05) is 111 Å². The number of ether oxygens (including phenoxy) is 2. The lowest BCUT2D eigenvalue weighted by atomic mass is 9.90. The molecule has 4 N–H and O–H groups in total. The molecule has 9 unspecified atom stereocenters. The van der Waals surface area contributed by atoms with Gasteiger partial charge in [0.05, 0.1) is 24.4 Å². The van der Waals surface area contributed by atoms with Gasteiger partial charge in [-0.3, -0.25) is 4.79 Å². The number of carbonyl (C=O) groups is 2. The highest BCUT2D eigenvalue weighted by molar-refractivity contribution is 5.82. The molecule has 0 saturated heterocycles. The van der Waals surface area contributed by atoms with Crippen LogP contribution in [0.2, 0.25) is 0 Å². The number of aliphatic hydroxyl groups is 4. The lowest BCUT2D eigenvalue weighted by Gasteiger charge is -2.26. The van der Waals surface area contributed by atoms with Gasteiger partial charge in [0, 0.05) is 24.8 Å². The normalized spacial score (nSPS) is 24.3. The number of hydrogen-bond donors (Lipinski definition) is 4. The van der Waals surface area contributed by atoms with E-state index in [4.69, 9.17) is 9.47 Å². The zero-order chi connectivity index (χ0) is 38.5. The van der Waals surface area contributed by atoms with Gasteiger partial charge in [-0.25, -0.2) is 4.79 Å². The number of hydrogen-bond acceptors (Lipinski definition) is 8.